The molecule has 19 heavy (non-hydrogen) atoms. The summed E-state index contributed by atoms with van der Waals surface area (Å²) >= 11 is 1.46. The molecule has 1 unspecified atom stereocenters. The van der Waals surface area contributed by atoms with Crippen molar-refractivity contribution < 1.29 is 8.42 Å². The van der Waals surface area contributed by atoms with Crippen molar-refractivity contribution in [3.05, 3.63) is 16.3 Å². The first-order valence-electron chi connectivity index (χ1n) is 6.31. The Kier molecular flexibility index (Phi) is 6.41. The molecule has 1 rings (SSSR count). The molecule has 0 saturated carbocycles. The maximum Gasteiger partial charge on any atom is 0.241 e. The minimum absolute atomic E-state index is 0.158. The maximum absolute atomic E-state index is 12.3. The van der Waals surface area contributed by atoms with Crippen molar-refractivity contribution in [2.75, 3.05) is 27.2 Å². The van der Waals surface area contributed by atoms with Crippen LogP contribution in [0.5, 0.6) is 0 Å². The summed E-state index contributed by atoms with van der Waals surface area (Å²) in [7, 11) is 0.449. The Balaban J connectivity index is 2.74. The van der Waals surface area contributed by atoms with E-state index in [0.29, 0.717) is 18.0 Å². The number of sulfonamides is 1. The van der Waals surface area contributed by atoms with Crippen molar-refractivity contribution in [3.8, 4) is 0 Å². The summed E-state index contributed by atoms with van der Waals surface area (Å²) in [6.45, 7) is 5.80. The van der Waals surface area contributed by atoms with Crippen molar-refractivity contribution in [2.24, 2.45) is 0 Å². The molecule has 110 valence electrons. The first kappa shape index (κ1) is 16.6. The molecule has 0 amide bonds. The van der Waals surface area contributed by atoms with Gasteiger partial charge in [0.25, 0.3) is 0 Å². The third-order valence-electron chi connectivity index (χ3n) is 2.98. The molecule has 0 spiro atoms. The van der Waals surface area contributed by atoms with Crippen LogP contribution >= 0.6 is 11.3 Å². The van der Waals surface area contributed by atoms with E-state index in [2.05, 4.69) is 10.0 Å². The van der Waals surface area contributed by atoms with Crippen LogP contribution in [0.15, 0.2) is 16.3 Å². The van der Waals surface area contributed by atoms with Crippen LogP contribution in [-0.4, -0.2) is 46.5 Å². The second-order valence-electron chi connectivity index (χ2n) is 4.65. The van der Waals surface area contributed by atoms with E-state index >= 15 is 0 Å². The molecule has 5 nitrogen and oxygen atoms in total. The molecule has 0 aliphatic heterocycles. The van der Waals surface area contributed by atoms with Gasteiger partial charge in [-0.05, 0) is 39.0 Å². The van der Waals surface area contributed by atoms with E-state index in [9.17, 15) is 8.42 Å². The first-order chi connectivity index (χ1) is 8.88. The Labute approximate surface area is 120 Å². The second-order valence-corrected chi connectivity index (χ2v) is 7.39. The summed E-state index contributed by atoms with van der Waals surface area (Å²) < 4.78 is 27.2. The molecule has 1 aromatic rings. The number of nitrogens with one attached hydrogen (secondary N) is 2. The molecular formula is C12H23N3O2S2. The van der Waals surface area contributed by atoms with Gasteiger partial charge in [0.15, 0.2) is 0 Å². The molecule has 0 radical (unpaired) electrons. The largest absolute Gasteiger partial charge is 0.312 e. The van der Waals surface area contributed by atoms with Gasteiger partial charge in [0.2, 0.25) is 10.0 Å². The van der Waals surface area contributed by atoms with Crippen molar-refractivity contribution in [3.63, 3.8) is 0 Å². The van der Waals surface area contributed by atoms with Gasteiger partial charge in [0.1, 0.15) is 0 Å². The molecule has 1 aromatic heterocycles. The molecule has 0 aliphatic carbocycles. The van der Waals surface area contributed by atoms with Crippen LogP contribution in [0.3, 0.4) is 0 Å². The van der Waals surface area contributed by atoms with E-state index in [-0.39, 0.29) is 6.04 Å². The van der Waals surface area contributed by atoms with E-state index in [0.717, 1.165) is 11.4 Å². The van der Waals surface area contributed by atoms with E-state index in [1.54, 1.807) is 6.07 Å². The number of rotatable bonds is 8. The van der Waals surface area contributed by atoms with Gasteiger partial charge in [-0.1, -0.05) is 6.92 Å². The zero-order valence-electron chi connectivity index (χ0n) is 11.9. The summed E-state index contributed by atoms with van der Waals surface area (Å²) in [6, 6.07) is 1.82. The fourth-order valence-electron chi connectivity index (χ4n) is 1.43. The summed E-state index contributed by atoms with van der Waals surface area (Å²) in [6.07, 6.45) is 0. The van der Waals surface area contributed by atoms with Crippen LogP contribution in [0.4, 0.5) is 0 Å². The molecule has 0 aromatic carbocycles. The third kappa shape index (κ3) is 4.85. The second kappa shape index (κ2) is 7.35. The van der Waals surface area contributed by atoms with Crippen LogP contribution in [0.25, 0.3) is 0 Å². The Morgan fingerprint density at radius 3 is 2.68 bits per heavy atom. The quantitative estimate of drug-likeness (QED) is 0.755. The van der Waals surface area contributed by atoms with Crippen molar-refractivity contribution in [1.29, 1.82) is 0 Å². The third-order valence-corrected chi connectivity index (χ3v) is 5.54. The van der Waals surface area contributed by atoms with E-state index < -0.39 is 10.0 Å². The Bertz CT molecular complexity index is 483. The number of thiophene rings is 1. The van der Waals surface area contributed by atoms with Gasteiger partial charge >= 0.3 is 0 Å². The SMILES string of the molecule is CCNCc1sccc1S(=O)(=O)NCC(C)N(C)C. The van der Waals surface area contributed by atoms with Crippen molar-refractivity contribution in [2.45, 2.75) is 31.3 Å². The zero-order valence-corrected chi connectivity index (χ0v) is 13.6. The molecule has 2 N–H and O–H groups in total. The lowest BCUT2D eigenvalue weighted by Gasteiger charge is -2.20. The number of nitrogens with zero attached hydrogens (tertiary/aromatic N) is 1. The monoisotopic (exact) mass is 305 g/mol. The average molecular weight is 305 g/mol. The molecule has 1 atom stereocenters. The molecule has 7 heteroatoms. The van der Waals surface area contributed by atoms with Gasteiger partial charge in [0, 0.05) is 24.0 Å². The molecule has 1 heterocycles. The molecule has 0 bridgehead atoms. The van der Waals surface area contributed by atoms with Gasteiger partial charge in [-0.15, -0.1) is 11.3 Å². The Hall–Kier alpha value is -0.470. The molecular weight excluding hydrogens is 282 g/mol. The lowest BCUT2D eigenvalue weighted by molar-refractivity contribution is 0.314. The van der Waals surface area contributed by atoms with Crippen molar-refractivity contribution in [1.82, 2.24) is 14.9 Å². The van der Waals surface area contributed by atoms with Crippen LogP contribution in [0.2, 0.25) is 0 Å². The maximum atomic E-state index is 12.3. The summed E-state index contributed by atoms with van der Waals surface area (Å²) in [4.78, 5) is 3.23. The normalized spacial score (nSPS) is 13.9. The van der Waals surface area contributed by atoms with Gasteiger partial charge in [-0.3, -0.25) is 0 Å². The van der Waals surface area contributed by atoms with Crippen LogP contribution in [0.1, 0.15) is 18.7 Å². The molecule has 0 fully saturated rings. The standard InChI is InChI=1S/C12H23N3O2S2/c1-5-13-9-11-12(6-7-18-11)19(16,17)14-8-10(2)15(3)4/h6-7,10,13-14H,5,8-9H2,1-4H3. The molecule has 0 aliphatic rings. The van der Waals surface area contributed by atoms with Gasteiger partial charge in [-0.2, -0.15) is 0 Å². The van der Waals surface area contributed by atoms with E-state index in [4.69, 9.17) is 0 Å². The average Bonchev–Trinajstić information content (AvgIpc) is 2.82. The summed E-state index contributed by atoms with van der Waals surface area (Å²) in [5.41, 5.74) is 0. The lowest BCUT2D eigenvalue weighted by Crippen LogP contribution is -2.38. The van der Waals surface area contributed by atoms with Gasteiger partial charge in [0.05, 0.1) is 4.90 Å². The highest BCUT2D eigenvalue weighted by Crippen LogP contribution is 2.21. The fraction of sp³-hybridized carbons (Fsp3) is 0.667. The van der Waals surface area contributed by atoms with E-state index in [1.165, 1.54) is 11.3 Å². The Morgan fingerprint density at radius 1 is 1.42 bits per heavy atom. The number of hydrogen-bond donors (Lipinski definition) is 2. The topological polar surface area (TPSA) is 61.4 Å². The minimum atomic E-state index is -3.41. The molecule has 0 saturated heterocycles. The van der Waals surface area contributed by atoms with E-state index in [1.807, 2.05) is 38.2 Å². The van der Waals surface area contributed by atoms with Crippen LogP contribution in [-0.2, 0) is 16.6 Å². The highest BCUT2D eigenvalue weighted by atomic mass is 32.2. The Morgan fingerprint density at radius 2 is 2.11 bits per heavy atom. The van der Waals surface area contributed by atoms with Crippen LogP contribution < -0.4 is 10.0 Å². The van der Waals surface area contributed by atoms with Gasteiger partial charge < -0.3 is 10.2 Å². The predicted octanol–water partition coefficient (Wildman–Crippen LogP) is 1.09. The number of likely N-dealkylation sites (N-methyl/N-ethyl adjacent to an activating group) is 1. The fourth-order valence-corrected chi connectivity index (χ4v) is 3.96. The summed E-state index contributed by atoms with van der Waals surface area (Å²) in [5.74, 6) is 0. The minimum Gasteiger partial charge on any atom is -0.312 e. The smallest absolute Gasteiger partial charge is 0.241 e. The first-order valence-corrected chi connectivity index (χ1v) is 8.68. The van der Waals surface area contributed by atoms with Gasteiger partial charge in [-0.25, -0.2) is 13.1 Å². The van der Waals surface area contributed by atoms with Crippen molar-refractivity contribution >= 4 is 21.4 Å². The highest BCUT2D eigenvalue weighted by Gasteiger charge is 2.20. The predicted molar refractivity (Wildman–Crippen MR) is 80.0 cm³/mol. The summed E-state index contributed by atoms with van der Waals surface area (Å²) in [5, 5.41) is 4.97. The van der Waals surface area contributed by atoms with Crippen LogP contribution in [0, 0.1) is 0 Å². The zero-order chi connectivity index (χ0) is 14.5. The highest BCUT2D eigenvalue weighted by molar-refractivity contribution is 7.89. The number of hydrogen-bond acceptors (Lipinski definition) is 5. The lowest BCUT2D eigenvalue weighted by atomic mass is 10.3.